The van der Waals surface area contributed by atoms with Crippen molar-refractivity contribution >= 4 is 12.0 Å². The molecule has 0 aliphatic heterocycles. The Kier molecular flexibility index (Phi) is 21.8. The molecular formula is C17H31NO3. The number of rotatable bonds is 13. The third-order valence-electron chi connectivity index (χ3n) is 3.15. The van der Waals surface area contributed by atoms with Crippen LogP contribution in [0.25, 0.3) is 0 Å². The van der Waals surface area contributed by atoms with Gasteiger partial charge in [0.05, 0.1) is 0 Å². The predicted molar refractivity (Wildman–Crippen MR) is 86.3 cm³/mol. The lowest BCUT2D eigenvalue weighted by molar-refractivity contribution is -0.137. The van der Waals surface area contributed by atoms with E-state index in [4.69, 9.17) is 15.3 Å². The van der Waals surface area contributed by atoms with Crippen LogP contribution in [0.4, 0.5) is 0 Å². The van der Waals surface area contributed by atoms with Crippen molar-refractivity contribution in [1.82, 2.24) is 0 Å². The average molecular weight is 297 g/mol. The van der Waals surface area contributed by atoms with E-state index in [1.165, 1.54) is 57.8 Å². The van der Waals surface area contributed by atoms with Crippen molar-refractivity contribution in [3.63, 3.8) is 0 Å². The molecule has 0 aliphatic rings. The van der Waals surface area contributed by atoms with Crippen LogP contribution in [-0.4, -0.2) is 17.2 Å². The fraction of sp³-hybridized carbons (Fsp3) is 0.765. The van der Waals surface area contributed by atoms with Crippen molar-refractivity contribution < 1.29 is 14.7 Å². The molecule has 0 rings (SSSR count). The van der Waals surface area contributed by atoms with Crippen LogP contribution in [0.5, 0.6) is 0 Å². The number of allylic oxidation sites excluding steroid dienone is 2. The van der Waals surface area contributed by atoms with Gasteiger partial charge in [0.2, 0.25) is 6.08 Å². The maximum absolute atomic E-state index is 10.3. The summed E-state index contributed by atoms with van der Waals surface area (Å²) in [6, 6.07) is 0. The van der Waals surface area contributed by atoms with Crippen LogP contribution in [0.1, 0.15) is 84.0 Å². The number of hydrogen-bond acceptors (Lipinski definition) is 3. The minimum Gasteiger partial charge on any atom is -0.481 e. The Balaban J connectivity index is 0. The Morgan fingerprint density at radius 2 is 1.38 bits per heavy atom. The maximum atomic E-state index is 10.3. The van der Waals surface area contributed by atoms with Crippen molar-refractivity contribution in [1.29, 1.82) is 5.41 Å². The number of nitrogens with one attached hydrogen (secondary N) is 1. The third kappa shape index (κ3) is 27.7. The molecule has 4 nitrogen and oxygen atoms in total. The molecule has 0 heterocycles. The van der Waals surface area contributed by atoms with Crippen molar-refractivity contribution in [2.75, 3.05) is 0 Å². The fourth-order valence-electron chi connectivity index (χ4n) is 1.99. The fourth-order valence-corrected chi connectivity index (χ4v) is 1.99. The highest BCUT2D eigenvalue weighted by Crippen LogP contribution is 2.08. The smallest absolute Gasteiger partial charge is 0.303 e. The SMILES string of the molecule is CCCCCC/C=C\CCCCCCCC(=O)O.N=C=O. The normalized spacial score (nSPS) is 9.95. The van der Waals surface area contributed by atoms with Gasteiger partial charge in [-0.05, 0) is 32.1 Å². The van der Waals surface area contributed by atoms with E-state index < -0.39 is 5.97 Å². The topological polar surface area (TPSA) is 78.2 Å². The van der Waals surface area contributed by atoms with Crippen LogP contribution in [0.15, 0.2) is 12.2 Å². The molecule has 2 N–H and O–H groups in total. The molecule has 0 saturated heterocycles. The Hall–Kier alpha value is -1.41. The Bertz CT molecular complexity index is 282. The van der Waals surface area contributed by atoms with Gasteiger partial charge in [0.25, 0.3) is 0 Å². The van der Waals surface area contributed by atoms with Crippen molar-refractivity contribution in [2.45, 2.75) is 84.0 Å². The highest BCUT2D eigenvalue weighted by atomic mass is 16.4. The lowest BCUT2D eigenvalue weighted by Gasteiger charge is -1.98. The highest BCUT2D eigenvalue weighted by Gasteiger charge is 1.95. The summed E-state index contributed by atoms with van der Waals surface area (Å²) in [5.74, 6) is -0.666. The molecule has 0 atom stereocenters. The van der Waals surface area contributed by atoms with E-state index in [-0.39, 0.29) is 0 Å². The zero-order valence-electron chi connectivity index (χ0n) is 13.4. The summed E-state index contributed by atoms with van der Waals surface area (Å²) in [7, 11) is 0. The maximum Gasteiger partial charge on any atom is 0.303 e. The first-order valence-electron chi connectivity index (χ1n) is 8.09. The minimum atomic E-state index is -0.666. The van der Waals surface area contributed by atoms with Gasteiger partial charge >= 0.3 is 5.97 Å². The molecule has 0 unspecified atom stereocenters. The summed E-state index contributed by atoms with van der Waals surface area (Å²) in [4.78, 5) is 18.6. The molecule has 0 spiro atoms. The Labute approximate surface area is 129 Å². The summed E-state index contributed by atoms with van der Waals surface area (Å²) in [6.45, 7) is 2.24. The molecule has 0 radical (unpaired) electrons. The van der Waals surface area contributed by atoms with Gasteiger partial charge in [-0.15, -0.1) is 0 Å². The van der Waals surface area contributed by atoms with Gasteiger partial charge in [0.15, 0.2) is 0 Å². The van der Waals surface area contributed by atoms with Crippen LogP contribution in [0, 0.1) is 5.41 Å². The van der Waals surface area contributed by atoms with Gasteiger partial charge in [0.1, 0.15) is 0 Å². The van der Waals surface area contributed by atoms with E-state index in [1.54, 1.807) is 0 Å². The lowest BCUT2D eigenvalue weighted by Crippen LogP contribution is -1.93. The number of aliphatic carboxylic acids is 1. The average Bonchev–Trinajstić information content (AvgIpc) is 2.44. The monoisotopic (exact) mass is 297 g/mol. The number of unbranched alkanes of at least 4 members (excludes halogenated alkanes) is 9. The first-order valence-corrected chi connectivity index (χ1v) is 8.09. The highest BCUT2D eigenvalue weighted by molar-refractivity contribution is 5.66. The second-order valence-corrected chi connectivity index (χ2v) is 5.12. The Morgan fingerprint density at radius 1 is 0.952 bits per heavy atom. The van der Waals surface area contributed by atoms with Crippen molar-refractivity contribution in [2.24, 2.45) is 0 Å². The van der Waals surface area contributed by atoms with E-state index in [0.29, 0.717) is 6.42 Å². The number of carboxylic acid groups (broad SMARTS) is 1. The van der Waals surface area contributed by atoms with Gasteiger partial charge in [0, 0.05) is 6.42 Å². The van der Waals surface area contributed by atoms with Gasteiger partial charge in [-0.1, -0.05) is 57.6 Å². The molecule has 0 aromatic rings. The number of carboxylic acids is 1. The van der Waals surface area contributed by atoms with Gasteiger partial charge in [-0.2, -0.15) is 0 Å². The van der Waals surface area contributed by atoms with E-state index >= 15 is 0 Å². The number of isocyanates is 1. The lowest BCUT2D eigenvalue weighted by atomic mass is 10.1. The van der Waals surface area contributed by atoms with Crippen LogP contribution >= 0.6 is 0 Å². The van der Waals surface area contributed by atoms with Crippen LogP contribution in [0.2, 0.25) is 0 Å². The molecule has 0 amide bonds. The van der Waals surface area contributed by atoms with Gasteiger partial charge in [-0.25, -0.2) is 10.2 Å². The summed E-state index contributed by atoms with van der Waals surface area (Å²) in [5.41, 5.74) is 0. The van der Waals surface area contributed by atoms with Gasteiger partial charge < -0.3 is 5.11 Å². The molecule has 0 aromatic carbocycles. The summed E-state index contributed by atoms with van der Waals surface area (Å²) >= 11 is 0. The van der Waals surface area contributed by atoms with Crippen LogP contribution in [0.3, 0.4) is 0 Å². The molecule has 0 aromatic heterocycles. The zero-order valence-corrected chi connectivity index (χ0v) is 13.4. The summed E-state index contributed by atoms with van der Waals surface area (Å²) in [5, 5.41) is 13.9. The molecule has 0 saturated carbocycles. The van der Waals surface area contributed by atoms with E-state index in [1.807, 2.05) is 0 Å². The third-order valence-corrected chi connectivity index (χ3v) is 3.15. The molecule has 122 valence electrons. The first-order chi connectivity index (χ1) is 10.2. The number of carbonyl (C=O) groups is 1. The zero-order chi connectivity index (χ0) is 16.2. The molecule has 0 fully saturated rings. The van der Waals surface area contributed by atoms with Crippen LogP contribution in [-0.2, 0) is 9.59 Å². The largest absolute Gasteiger partial charge is 0.481 e. The minimum absolute atomic E-state index is 0.331. The standard InChI is InChI=1S/C16H30O2.CHNO/c1-2-3-4-5-6-7-8-9-10-11-12-13-14-15-16(17)18;2-1-3/h7-8H,2-6,9-15H2,1H3,(H,17,18);2H/b8-7-;. The summed E-state index contributed by atoms with van der Waals surface area (Å²) in [6.07, 6.45) is 19.1. The molecule has 21 heavy (non-hydrogen) atoms. The second-order valence-electron chi connectivity index (χ2n) is 5.12. The van der Waals surface area contributed by atoms with E-state index in [0.717, 1.165) is 18.9 Å². The molecule has 0 bridgehead atoms. The van der Waals surface area contributed by atoms with Gasteiger partial charge in [-0.3, -0.25) is 4.79 Å². The molecule has 4 heteroatoms. The number of carbonyl (C=O) groups excluding carboxylic acids is 1. The Morgan fingerprint density at radius 3 is 1.86 bits per heavy atom. The predicted octanol–water partition coefficient (Wildman–Crippen LogP) is 5.23. The first kappa shape index (κ1) is 21.9. The molecule has 0 aliphatic carbocycles. The quantitative estimate of drug-likeness (QED) is 0.211. The van der Waals surface area contributed by atoms with E-state index in [2.05, 4.69) is 19.1 Å². The van der Waals surface area contributed by atoms with Crippen LogP contribution < -0.4 is 0 Å². The van der Waals surface area contributed by atoms with E-state index in [9.17, 15) is 4.79 Å². The second kappa shape index (κ2) is 20.9. The van der Waals surface area contributed by atoms with Crippen molar-refractivity contribution in [3.8, 4) is 0 Å². The van der Waals surface area contributed by atoms with Crippen molar-refractivity contribution in [3.05, 3.63) is 12.2 Å². The molecular weight excluding hydrogens is 266 g/mol. The summed E-state index contributed by atoms with van der Waals surface area (Å²) < 4.78 is 0. The number of hydrogen-bond donors (Lipinski definition) is 2.